The van der Waals surface area contributed by atoms with Crippen molar-refractivity contribution in [2.24, 2.45) is 10.4 Å². The molecule has 2 N–H and O–H groups in total. The smallest absolute Gasteiger partial charge is 0.269 e. The molecule has 26 heavy (non-hydrogen) atoms. The molecule has 7 heteroatoms. The fourth-order valence-corrected chi connectivity index (χ4v) is 3.49. The number of non-ortho nitro benzene ring substituents is 1. The molecule has 0 heterocycles. The van der Waals surface area contributed by atoms with Gasteiger partial charge in [0, 0.05) is 45.5 Å². The second kappa shape index (κ2) is 10.1. The number of nitro groups is 1. The van der Waals surface area contributed by atoms with Crippen LogP contribution >= 0.6 is 0 Å². The van der Waals surface area contributed by atoms with E-state index in [1.54, 1.807) is 19.2 Å². The van der Waals surface area contributed by atoms with Gasteiger partial charge in [0.1, 0.15) is 0 Å². The van der Waals surface area contributed by atoms with Crippen molar-refractivity contribution < 1.29 is 9.66 Å². The SMILES string of the molecule is CCOCCC1(CNC(=NC)NCc2ccc([N+](=O)[O-])cc2)CCCC1. The number of nitrogens with zero attached hydrogens (tertiary/aromatic N) is 2. The maximum absolute atomic E-state index is 10.7. The number of nitrogens with one attached hydrogen (secondary N) is 2. The Morgan fingerprint density at radius 2 is 1.96 bits per heavy atom. The molecule has 0 unspecified atom stereocenters. The van der Waals surface area contributed by atoms with E-state index in [4.69, 9.17) is 4.74 Å². The summed E-state index contributed by atoms with van der Waals surface area (Å²) in [5.74, 6) is 0.756. The Kier molecular flexibility index (Phi) is 7.84. The van der Waals surface area contributed by atoms with E-state index in [9.17, 15) is 10.1 Å². The standard InChI is InChI=1S/C19H30N4O3/c1-3-26-13-12-19(10-4-5-11-19)15-22-18(20-2)21-14-16-6-8-17(9-7-16)23(24)25/h6-9H,3-5,10-15H2,1-2H3,(H2,20,21,22). The largest absolute Gasteiger partial charge is 0.382 e. The molecular formula is C19H30N4O3. The maximum atomic E-state index is 10.7. The Labute approximate surface area is 155 Å². The summed E-state index contributed by atoms with van der Waals surface area (Å²) in [6.07, 6.45) is 6.09. The van der Waals surface area contributed by atoms with Crippen molar-refractivity contribution in [1.82, 2.24) is 10.6 Å². The second-order valence-corrected chi connectivity index (χ2v) is 6.86. The maximum Gasteiger partial charge on any atom is 0.269 e. The van der Waals surface area contributed by atoms with Gasteiger partial charge in [0.2, 0.25) is 0 Å². The van der Waals surface area contributed by atoms with E-state index < -0.39 is 0 Å². The van der Waals surface area contributed by atoms with Gasteiger partial charge in [-0.15, -0.1) is 0 Å². The summed E-state index contributed by atoms with van der Waals surface area (Å²) in [4.78, 5) is 14.6. The summed E-state index contributed by atoms with van der Waals surface area (Å²) in [7, 11) is 1.76. The van der Waals surface area contributed by atoms with Crippen molar-refractivity contribution in [2.45, 2.75) is 45.6 Å². The van der Waals surface area contributed by atoms with Gasteiger partial charge >= 0.3 is 0 Å². The monoisotopic (exact) mass is 362 g/mol. The molecule has 1 fully saturated rings. The Balaban J connectivity index is 1.83. The number of hydrogen-bond donors (Lipinski definition) is 2. The van der Waals surface area contributed by atoms with Gasteiger partial charge in [-0.3, -0.25) is 15.1 Å². The number of guanidine groups is 1. The Bertz CT molecular complexity index is 595. The average Bonchev–Trinajstić information content (AvgIpc) is 3.11. The Morgan fingerprint density at radius 3 is 2.54 bits per heavy atom. The molecule has 0 aromatic heterocycles. The van der Waals surface area contributed by atoms with E-state index in [0.717, 1.165) is 37.7 Å². The predicted octanol–water partition coefficient (Wildman–Crippen LogP) is 3.25. The molecule has 2 rings (SSSR count). The van der Waals surface area contributed by atoms with Crippen molar-refractivity contribution >= 4 is 11.6 Å². The van der Waals surface area contributed by atoms with E-state index in [0.29, 0.717) is 12.0 Å². The van der Waals surface area contributed by atoms with Crippen LogP contribution in [0.5, 0.6) is 0 Å². The Morgan fingerprint density at radius 1 is 1.27 bits per heavy atom. The number of benzene rings is 1. The van der Waals surface area contributed by atoms with E-state index in [1.807, 2.05) is 6.92 Å². The molecule has 1 aliphatic carbocycles. The predicted molar refractivity (Wildman–Crippen MR) is 103 cm³/mol. The lowest BCUT2D eigenvalue weighted by molar-refractivity contribution is -0.384. The number of rotatable bonds is 9. The third-order valence-corrected chi connectivity index (χ3v) is 5.11. The highest BCUT2D eigenvalue weighted by molar-refractivity contribution is 5.79. The van der Waals surface area contributed by atoms with Gasteiger partial charge in [0.25, 0.3) is 5.69 Å². The molecule has 0 atom stereocenters. The van der Waals surface area contributed by atoms with Gasteiger partial charge in [-0.05, 0) is 37.2 Å². The number of aliphatic imine (C=N–C) groups is 1. The van der Waals surface area contributed by atoms with Gasteiger partial charge in [0.15, 0.2) is 5.96 Å². The zero-order valence-electron chi connectivity index (χ0n) is 15.8. The highest BCUT2D eigenvalue weighted by Crippen LogP contribution is 2.40. The van der Waals surface area contributed by atoms with Crippen molar-refractivity contribution in [3.8, 4) is 0 Å². The van der Waals surface area contributed by atoms with Gasteiger partial charge in [-0.25, -0.2) is 0 Å². The lowest BCUT2D eigenvalue weighted by Gasteiger charge is -2.30. The summed E-state index contributed by atoms with van der Waals surface area (Å²) in [6.45, 7) is 5.07. The molecule has 1 saturated carbocycles. The van der Waals surface area contributed by atoms with Crippen LogP contribution in [0.1, 0.15) is 44.6 Å². The summed E-state index contributed by atoms with van der Waals surface area (Å²) in [6, 6.07) is 6.57. The van der Waals surface area contributed by atoms with Crippen LogP contribution in [0.25, 0.3) is 0 Å². The first-order valence-electron chi connectivity index (χ1n) is 9.34. The normalized spacial score (nSPS) is 16.5. The summed E-state index contributed by atoms with van der Waals surface area (Å²) in [5, 5.41) is 17.4. The summed E-state index contributed by atoms with van der Waals surface area (Å²) >= 11 is 0. The molecule has 1 aromatic carbocycles. The van der Waals surface area contributed by atoms with Crippen LogP contribution in [0.4, 0.5) is 5.69 Å². The van der Waals surface area contributed by atoms with E-state index >= 15 is 0 Å². The van der Waals surface area contributed by atoms with Gasteiger partial charge in [0.05, 0.1) is 4.92 Å². The topological polar surface area (TPSA) is 88.8 Å². The first kappa shape index (κ1) is 20.2. The summed E-state index contributed by atoms with van der Waals surface area (Å²) in [5.41, 5.74) is 1.37. The third-order valence-electron chi connectivity index (χ3n) is 5.11. The molecule has 7 nitrogen and oxygen atoms in total. The first-order chi connectivity index (χ1) is 12.6. The van der Waals surface area contributed by atoms with E-state index in [2.05, 4.69) is 15.6 Å². The highest BCUT2D eigenvalue weighted by atomic mass is 16.6. The van der Waals surface area contributed by atoms with Crippen LogP contribution in [-0.2, 0) is 11.3 Å². The zero-order chi connectivity index (χ0) is 18.8. The number of ether oxygens (including phenoxy) is 1. The van der Waals surface area contributed by atoms with E-state index in [1.165, 1.54) is 37.8 Å². The van der Waals surface area contributed by atoms with Crippen LogP contribution in [0.2, 0.25) is 0 Å². The molecule has 0 amide bonds. The lowest BCUT2D eigenvalue weighted by Crippen LogP contribution is -2.43. The van der Waals surface area contributed by atoms with Gasteiger partial charge in [-0.2, -0.15) is 0 Å². The molecule has 0 bridgehead atoms. The fourth-order valence-electron chi connectivity index (χ4n) is 3.49. The van der Waals surface area contributed by atoms with Gasteiger partial charge < -0.3 is 15.4 Å². The van der Waals surface area contributed by atoms with Crippen molar-refractivity contribution in [3.63, 3.8) is 0 Å². The van der Waals surface area contributed by atoms with Crippen molar-refractivity contribution in [2.75, 3.05) is 26.8 Å². The molecule has 0 radical (unpaired) electrons. The molecule has 0 spiro atoms. The molecule has 1 aromatic rings. The highest BCUT2D eigenvalue weighted by Gasteiger charge is 2.33. The quantitative estimate of drug-likeness (QED) is 0.231. The third kappa shape index (κ3) is 5.98. The molecular weight excluding hydrogens is 332 g/mol. The van der Waals surface area contributed by atoms with Crippen molar-refractivity contribution in [3.05, 3.63) is 39.9 Å². The van der Waals surface area contributed by atoms with E-state index in [-0.39, 0.29) is 10.6 Å². The van der Waals surface area contributed by atoms with Crippen LogP contribution < -0.4 is 10.6 Å². The minimum absolute atomic E-state index is 0.105. The average molecular weight is 362 g/mol. The number of nitro benzene ring substituents is 1. The van der Waals surface area contributed by atoms with Crippen LogP contribution in [0.3, 0.4) is 0 Å². The molecule has 1 aliphatic rings. The lowest BCUT2D eigenvalue weighted by atomic mass is 9.83. The second-order valence-electron chi connectivity index (χ2n) is 6.86. The number of hydrogen-bond acceptors (Lipinski definition) is 4. The van der Waals surface area contributed by atoms with Crippen LogP contribution in [-0.4, -0.2) is 37.7 Å². The fraction of sp³-hybridized carbons (Fsp3) is 0.632. The van der Waals surface area contributed by atoms with Crippen molar-refractivity contribution in [1.29, 1.82) is 0 Å². The molecule has 144 valence electrons. The minimum Gasteiger partial charge on any atom is -0.382 e. The molecule has 0 aliphatic heterocycles. The summed E-state index contributed by atoms with van der Waals surface area (Å²) < 4.78 is 5.56. The Hall–Kier alpha value is -2.15. The van der Waals surface area contributed by atoms with Crippen LogP contribution in [0, 0.1) is 15.5 Å². The molecule has 0 saturated heterocycles. The van der Waals surface area contributed by atoms with Gasteiger partial charge in [-0.1, -0.05) is 25.0 Å². The minimum atomic E-state index is -0.388. The first-order valence-corrected chi connectivity index (χ1v) is 9.34. The van der Waals surface area contributed by atoms with Crippen LogP contribution in [0.15, 0.2) is 29.3 Å². The zero-order valence-corrected chi connectivity index (χ0v) is 15.8.